The Morgan fingerprint density at radius 3 is 2.71 bits per heavy atom. The number of rotatable bonds is 4. The molecule has 3 heterocycles. The zero-order valence-electron chi connectivity index (χ0n) is 16.6. The van der Waals surface area contributed by atoms with Gasteiger partial charge in [-0.2, -0.15) is 14.6 Å². The van der Waals surface area contributed by atoms with Crippen molar-refractivity contribution in [3.63, 3.8) is 0 Å². The zero-order chi connectivity index (χ0) is 21.2. The number of anilines is 2. The Morgan fingerprint density at radius 1 is 1.10 bits per heavy atom. The number of nitrogens with zero attached hydrogens (tertiary/aromatic N) is 5. The Bertz CT molecular complexity index is 1210. The number of carbonyl (C=O) groups excluding carboxylic acids is 1. The predicted molar refractivity (Wildman–Crippen MR) is 115 cm³/mol. The summed E-state index contributed by atoms with van der Waals surface area (Å²) in [5.74, 6) is 1.07. The molecular weight excluding hydrogens is 397 g/mol. The molecule has 2 amide bonds. The molecule has 1 aliphatic rings. The number of urea groups is 1. The molecule has 1 fully saturated rings. The van der Waals surface area contributed by atoms with Crippen molar-refractivity contribution in [3.8, 4) is 11.3 Å². The summed E-state index contributed by atoms with van der Waals surface area (Å²) in [5, 5.41) is 10.0. The topological polar surface area (TPSA) is 87.5 Å². The van der Waals surface area contributed by atoms with E-state index in [0.29, 0.717) is 18.0 Å². The SMILES string of the molecule is O=C(Nc1ccc(F)cc1)NC1CCN(c2cc(-c3ccccc3)nc3ncnn23)C1. The van der Waals surface area contributed by atoms with Gasteiger partial charge in [-0.1, -0.05) is 30.3 Å². The number of halogens is 1. The molecule has 8 nitrogen and oxygen atoms in total. The average molecular weight is 417 g/mol. The van der Waals surface area contributed by atoms with Crippen LogP contribution in [0, 0.1) is 5.82 Å². The first kappa shape index (κ1) is 19.0. The molecule has 31 heavy (non-hydrogen) atoms. The highest BCUT2D eigenvalue weighted by atomic mass is 19.1. The molecule has 156 valence electrons. The fraction of sp³-hybridized carbons (Fsp3) is 0.182. The first-order valence-electron chi connectivity index (χ1n) is 10.00. The van der Waals surface area contributed by atoms with E-state index in [-0.39, 0.29) is 17.9 Å². The maximum Gasteiger partial charge on any atom is 0.319 e. The van der Waals surface area contributed by atoms with Gasteiger partial charge in [-0.25, -0.2) is 14.2 Å². The van der Waals surface area contributed by atoms with Gasteiger partial charge < -0.3 is 15.5 Å². The van der Waals surface area contributed by atoms with Crippen LogP contribution < -0.4 is 15.5 Å². The molecule has 9 heteroatoms. The summed E-state index contributed by atoms with van der Waals surface area (Å²) in [6.07, 6.45) is 2.28. The fourth-order valence-corrected chi connectivity index (χ4v) is 3.75. The van der Waals surface area contributed by atoms with E-state index in [0.717, 1.165) is 30.0 Å². The molecule has 0 saturated carbocycles. The van der Waals surface area contributed by atoms with Crippen LogP contribution in [-0.2, 0) is 0 Å². The Kier molecular flexibility index (Phi) is 4.91. The summed E-state index contributed by atoms with van der Waals surface area (Å²) in [4.78, 5) is 23.4. The highest BCUT2D eigenvalue weighted by Gasteiger charge is 2.26. The smallest absolute Gasteiger partial charge is 0.319 e. The molecule has 1 unspecified atom stereocenters. The second kappa shape index (κ2) is 8.02. The number of aromatic nitrogens is 4. The van der Waals surface area contributed by atoms with Gasteiger partial charge in [0.15, 0.2) is 0 Å². The second-order valence-corrected chi connectivity index (χ2v) is 7.37. The zero-order valence-corrected chi connectivity index (χ0v) is 16.6. The average Bonchev–Trinajstić information content (AvgIpc) is 3.45. The molecule has 0 spiro atoms. The third-order valence-corrected chi connectivity index (χ3v) is 5.25. The summed E-state index contributed by atoms with van der Waals surface area (Å²) >= 11 is 0. The largest absolute Gasteiger partial charge is 0.354 e. The van der Waals surface area contributed by atoms with Crippen molar-refractivity contribution >= 4 is 23.3 Å². The molecule has 4 aromatic rings. The van der Waals surface area contributed by atoms with Crippen molar-refractivity contribution in [2.75, 3.05) is 23.3 Å². The van der Waals surface area contributed by atoms with Gasteiger partial charge in [0.2, 0.25) is 0 Å². The van der Waals surface area contributed by atoms with E-state index >= 15 is 0 Å². The monoisotopic (exact) mass is 417 g/mol. The minimum absolute atomic E-state index is 0.0349. The summed E-state index contributed by atoms with van der Waals surface area (Å²) < 4.78 is 14.7. The Hall–Kier alpha value is -4.01. The summed E-state index contributed by atoms with van der Waals surface area (Å²) in [6, 6.07) is 17.2. The van der Waals surface area contributed by atoms with Gasteiger partial charge in [0.1, 0.15) is 18.0 Å². The van der Waals surface area contributed by atoms with Crippen LogP contribution in [0.4, 0.5) is 20.7 Å². The lowest BCUT2D eigenvalue weighted by molar-refractivity contribution is 0.249. The summed E-state index contributed by atoms with van der Waals surface area (Å²) in [5.41, 5.74) is 2.36. The molecule has 2 N–H and O–H groups in total. The molecule has 5 rings (SSSR count). The Morgan fingerprint density at radius 2 is 1.90 bits per heavy atom. The van der Waals surface area contributed by atoms with Gasteiger partial charge in [-0.05, 0) is 30.7 Å². The number of fused-ring (bicyclic) bond motifs is 1. The van der Waals surface area contributed by atoms with Gasteiger partial charge in [0.25, 0.3) is 5.78 Å². The van der Waals surface area contributed by atoms with Crippen LogP contribution in [-0.4, -0.2) is 44.7 Å². The quantitative estimate of drug-likeness (QED) is 0.532. The minimum Gasteiger partial charge on any atom is -0.354 e. The van der Waals surface area contributed by atoms with Crippen LogP contribution in [0.15, 0.2) is 67.0 Å². The molecular formula is C22H20FN7O. The molecule has 0 bridgehead atoms. The van der Waals surface area contributed by atoms with Gasteiger partial charge in [0.05, 0.1) is 5.69 Å². The summed E-state index contributed by atoms with van der Waals surface area (Å²) in [7, 11) is 0. The van der Waals surface area contributed by atoms with Crippen LogP contribution in [0.5, 0.6) is 0 Å². The minimum atomic E-state index is -0.343. The van der Waals surface area contributed by atoms with Crippen LogP contribution in [0.3, 0.4) is 0 Å². The van der Waals surface area contributed by atoms with E-state index in [4.69, 9.17) is 0 Å². The third kappa shape index (κ3) is 4.02. The van der Waals surface area contributed by atoms with Crippen molar-refractivity contribution in [2.24, 2.45) is 0 Å². The van der Waals surface area contributed by atoms with Crippen molar-refractivity contribution in [1.82, 2.24) is 24.9 Å². The van der Waals surface area contributed by atoms with E-state index in [2.05, 4.69) is 30.6 Å². The molecule has 1 saturated heterocycles. The highest BCUT2D eigenvalue weighted by molar-refractivity contribution is 5.89. The van der Waals surface area contributed by atoms with Gasteiger partial charge >= 0.3 is 6.03 Å². The van der Waals surface area contributed by atoms with E-state index < -0.39 is 0 Å². The van der Waals surface area contributed by atoms with E-state index in [1.807, 2.05) is 36.4 Å². The highest BCUT2D eigenvalue weighted by Crippen LogP contribution is 2.26. The van der Waals surface area contributed by atoms with Crippen molar-refractivity contribution in [1.29, 1.82) is 0 Å². The molecule has 2 aromatic heterocycles. The second-order valence-electron chi connectivity index (χ2n) is 7.37. The number of hydrogen-bond acceptors (Lipinski definition) is 5. The van der Waals surface area contributed by atoms with Gasteiger partial charge in [-0.3, -0.25) is 0 Å². The number of amides is 2. The maximum absolute atomic E-state index is 13.0. The van der Waals surface area contributed by atoms with Gasteiger partial charge in [-0.15, -0.1) is 0 Å². The lowest BCUT2D eigenvalue weighted by atomic mass is 10.1. The first-order chi connectivity index (χ1) is 15.2. The van der Waals surface area contributed by atoms with Crippen molar-refractivity contribution in [3.05, 3.63) is 72.8 Å². The molecule has 2 aromatic carbocycles. The number of nitrogens with one attached hydrogen (secondary N) is 2. The van der Waals surface area contributed by atoms with Crippen molar-refractivity contribution < 1.29 is 9.18 Å². The first-order valence-corrected chi connectivity index (χ1v) is 10.00. The standard InChI is InChI=1S/C22H20FN7O/c23-16-6-8-17(9-7-16)26-22(31)27-18-10-11-29(13-18)20-12-19(15-4-2-1-3-5-15)28-21-24-14-25-30(20)21/h1-9,12,14,18H,10-11,13H2,(H2,26,27,31). The Balaban J connectivity index is 1.32. The molecule has 1 atom stereocenters. The maximum atomic E-state index is 13.0. The number of carbonyl (C=O) groups is 1. The molecule has 1 aliphatic heterocycles. The van der Waals surface area contributed by atoms with E-state index in [1.54, 1.807) is 4.52 Å². The summed E-state index contributed by atoms with van der Waals surface area (Å²) in [6.45, 7) is 1.39. The van der Waals surface area contributed by atoms with E-state index in [9.17, 15) is 9.18 Å². The third-order valence-electron chi connectivity index (χ3n) is 5.25. The van der Waals surface area contributed by atoms with Gasteiger partial charge in [0, 0.05) is 36.4 Å². The van der Waals surface area contributed by atoms with Crippen LogP contribution in [0.2, 0.25) is 0 Å². The predicted octanol–water partition coefficient (Wildman–Crippen LogP) is 3.33. The van der Waals surface area contributed by atoms with Crippen LogP contribution in [0.1, 0.15) is 6.42 Å². The Labute approximate surface area is 177 Å². The number of benzene rings is 2. The number of hydrogen-bond donors (Lipinski definition) is 2. The normalized spacial score (nSPS) is 15.9. The lowest BCUT2D eigenvalue weighted by Crippen LogP contribution is -2.40. The van der Waals surface area contributed by atoms with Crippen LogP contribution >= 0.6 is 0 Å². The lowest BCUT2D eigenvalue weighted by Gasteiger charge is -2.20. The molecule has 0 aliphatic carbocycles. The van der Waals surface area contributed by atoms with E-state index in [1.165, 1.54) is 30.6 Å². The van der Waals surface area contributed by atoms with Crippen LogP contribution in [0.25, 0.3) is 17.0 Å². The van der Waals surface area contributed by atoms with Crippen molar-refractivity contribution in [2.45, 2.75) is 12.5 Å². The fourth-order valence-electron chi connectivity index (χ4n) is 3.75. The molecule has 0 radical (unpaired) electrons.